The molecule has 1 unspecified atom stereocenters. The number of rotatable bonds is 5. The first-order chi connectivity index (χ1) is 8.77. The van der Waals surface area contributed by atoms with Gasteiger partial charge in [-0.25, -0.2) is 0 Å². The summed E-state index contributed by atoms with van der Waals surface area (Å²) in [6, 6.07) is 4.49. The van der Waals surface area contributed by atoms with Crippen LogP contribution in [-0.4, -0.2) is 30.6 Å². The summed E-state index contributed by atoms with van der Waals surface area (Å²) < 4.78 is 57.6. The largest absolute Gasteiger partial charge is 0.482 e. The van der Waals surface area contributed by atoms with E-state index >= 15 is 0 Å². The smallest absolute Gasteiger partial charge is 0.461 e. The standard InChI is InChI=1S/C11H11F4NO3/c1-18-9(16)8(17)6-3-2-4-7(5-6)19-11(14,15)10(12)13/h2-5,8,10,16-17H,1H3. The third-order valence-electron chi connectivity index (χ3n) is 2.15. The van der Waals surface area contributed by atoms with E-state index < -0.39 is 30.3 Å². The van der Waals surface area contributed by atoms with Gasteiger partial charge in [0.2, 0.25) is 5.90 Å². The fourth-order valence-electron chi connectivity index (χ4n) is 1.21. The Kier molecular flexibility index (Phi) is 4.71. The van der Waals surface area contributed by atoms with Gasteiger partial charge in [0, 0.05) is 0 Å². The predicted molar refractivity (Wildman–Crippen MR) is 57.7 cm³/mol. The van der Waals surface area contributed by atoms with Crippen LogP contribution < -0.4 is 4.74 Å². The second-order valence-corrected chi connectivity index (χ2v) is 3.51. The van der Waals surface area contributed by atoms with Crippen molar-refractivity contribution in [2.24, 2.45) is 0 Å². The van der Waals surface area contributed by atoms with E-state index in [9.17, 15) is 22.7 Å². The molecule has 1 aromatic rings. The maximum atomic E-state index is 12.7. The molecule has 1 aromatic carbocycles. The highest BCUT2D eigenvalue weighted by molar-refractivity contribution is 5.78. The summed E-state index contributed by atoms with van der Waals surface area (Å²) in [5.74, 6) is -1.07. The summed E-state index contributed by atoms with van der Waals surface area (Å²) >= 11 is 0. The van der Waals surface area contributed by atoms with Crippen molar-refractivity contribution in [2.45, 2.75) is 18.6 Å². The molecule has 0 aliphatic rings. The molecule has 0 saturated heterocycles. The van der Waals surface area contributed by atoms with Crippen LogP contribution in [0.4, 0.5) is 17.6 Å². The summed E-state index contributed by atoms with van der Waals surface area (Å²) in [6.45, 7) is 0. The number of aliphatic hydroxyl groups is 1. The maximum absolute atomic E-state index is 12.7. The number of hydrogen-bond acceptors (Lipinski definition) is 4. The van der Waals surface area contributed by atoms with Crippen molar-refractivity contribution in [3.63, 3.8) is 0 Å². The average molecular weight is 281 g/mol. The third-order valence-corrected chi connectivity index (χ3v) is 2.15. The highest BCUT2D eigenvalue weighted by Gasteiger charge is 2.44. The number of alkyl halides is 4. The van der Waals surface area contributed by atoms with E-state index in [0.717, 1.165) is 19.2 Å². The van der Waals surface area contributed by atoms with Crippen LogP contribution in [0, 0.1) is 5.41 Å². The van der Waals surface area contributed by atoms with Crippen molar-refractivity contribution in [2.75, 3.05) is 7.11 Å². The van der Waals surface area contributed by atoms with E-state index in [-0.39, 0.29) is 5.56 Å². The molecule has 8 heteroatoms. The van der Waals surface area contributed by atoms with Gasteiger partial charge in [0.05, 0.1) is 7.11 Å². The molecule has 19 heavy (non-hydrogen) atoms. The molecule has 0 bridgehead atoms. The number of nitrogens with one attached hydrogen (secondary N) is 1. The number of methoxy groups -OCH3 is 1. The molecule has 0 fully saturated rings. The molecular weight excluding hydrogens is 270 g/mol. The maximum Gasteiger partial charge on any atom is 0.461 e. The Morgan fingerprint density at radius 1 is 1.37 bits per heavy atom. The van der Waals surface area contributed by atoms with E-state index in [0.29, 0.717) is 0 Å². The summed E-state index contributed by atoms with van der Waals surface area (Å²) in [6.07, 6.45) is -10.1. The Morgan fingerprint density at radius 2 is 2.00 bits per heavy atom. The van der Waals surface area contributed by atoms with Crippen molar-refractivity contribution in [3.05, 3.63) is 29.8 Å². The molecule has 106 valence electrons. The van der Waals surface area contributed by atoms with Crippen molar-refractivity contribution >= 4 is 5.90 Å². The number of halogens is 4. The van der Waals surface area contributed by atoms with Gasteiger partial charge in [-0.1, -0.05) is 12.1 Å². The molecule has 0 amide bonds. The Morgan fingerprint density at radius 3 is 2.53 bits per heavy atom. The first kappa shape index (κ1) is 15.2. The highest BCUT2D eigenvalue weighted by atomic mass is 19.3. The molecular formula is C11H11F4NO3. The van der Waals surface area contributed by atoms with Crippen LogP contribution >= 0.6 is 0 Å². The second kappa shape index (κ2) is 5.87. The van der Waals surface area contributed by atoms with Crippen LogP contribution in [0.2, 0.25) is 0 Å². The minimum atomic E-state index is -4.63. The Labute approximate surface area is 106 Å². The van der Waals surface area contributed by atoms with Gasteiger partial charge < -0.3 is 14.6 Å². The first-order valence-electron chi connectivity index (χ1n) is 5.03. The van der Waals surface area contributed by atoms with Gasteiger partial charge in [-0.15, -0.1) is 0 Å². The SMILES string of the molecule is COC(=N)C(O)c1cccc(OC(F)(F)C(F)F)c1. The lowest BCUT2D eigenvalue weighted by Gasteiger charge is -2.18. The summed E-state index contributed by atoms with van der Waals surface area (Å²) in [5, 5.41) is 16.8. The quantitative estimate of drug-likeness (QED) is 0.495. The number of benzene rings is 1. The molecule has 1 atom stereocenters. The fourth-order valence-corrected chi connectivity index (χ4v) is 1.21. The predicted octanol–water partition coefficient (Wildman–Crippen LogP) is 2.58. The van der Waals surface area contributed by atoms with Crippen LogP contribution in [0.25, 0.3) is 0 Å². The van der Waals surface area contributed by atoms with E-state index in [1.807, 2.05) is 0 Å². The van der Waals surface area contributed by atoms with Gasteiger partial charge in [0.25, 0.3) is 0 Å². The number of hydrogen-bond donors (Lipinski definition) is 2. The zero-order valence-electron chi connectivity index (χ0n) is 9.74. The molecule has 0 aliphatic heterocycles. The normalized spacial score (nSPS) is 13.2. The van der Waals surface area contributed by atoms with Crippen LogP contribution in [0.1, 0.15) is 11.7 Å². The minimum absolute atomic E-state index is 0.00872. The van der Waals surface area contributed by atoms with E-state index in [2.05, 4.69) is 9.47 Å². The van der Waals surface area contributed by atoms with Gasteiger partial charge in [-0.05, 0) is 17.7 Å². The second-order valence-electron chi connectivity index (χ2n) is 3.51. The van der Waals surface area contributed by atoms with Gasteiger partial charge in [-0.2, -0.15) is 17.6 Å². The summed E-state index contributed by atoms with van der Waals surface area (Å²) in [5.41, 5.74) is 0.00872. The van der Waals surface area contributed by atoms with Crippen LogP contribution in [-0.2, 0) is 4.74 Å². The van der Waals surface area contributed by atoms with Crippen molar-refractivity contribution in [1.82, 2.24) is 0 Å². The Balaban J connectivity index is 2.92. The molecule has 0 aromatic heterocycles. The lowest BCUT2D eigenvalue weighted by Crippen LogP contribution is -2.33. The van der Waals surface area contributed by atoms with Gasteiger partial charge in [0.15, 0.2) is 6.10 Å². The van der Waals surface area contributed by atoms with Crippen molar-refractivity contribution in [3.8, 4) is 5.75 Å². The highest BCUT2D eigenvalue weighted by Crippen LogP contribution is 2.29. The first-order valence-corrected chi connectivity index (χ1v) is 5.03. The Hall–Kier alpha value is -1.83. The zero-order valence-corrected chi connectivity index (χ0v) is 9.74. The topological polar surface area (TPSA) is 62.5 Å². The van der Waals surface area contributed by atoms with E-state index in [1.165, 1.54) is 12.1 Å². The summed E-state index contributed by atoms with van der Waals surface area (Å²) in [4.78, 5) is 0. The number of aliphatic hydroxyl groups excluding tert-OH is 1. The van der Waals surface area contributed by atoms with Crippen molar-refractivity contribution < 1.29 is 32.1 Å². The zero-order chi connectivity index (χ0) is 14.6. The molecule has 1 rings (SSSR count). The third kappa shape index (κ3) is 3.82. The minimum Gasteiger partial charge on any atom is -0.482 e. The van der Waals surface area contributed by atoms with Gasteiger partial charge in [0.1, 0.15) is 5.75 Å². The van der Waals surface area contributed by atoms with Gasteiger partial charge in [-0.3, -0.25) is 5.41 Å². The fraction of sp³-hybridized carbons (Fsp3) is 0.364. The molecule has 4 nitrogen and oxygen atoms in total. The molecule has 2 N–H and O–H groups in total. The molecule has 0 radical (unpaired) electrons. The van der Waals surface area contributed by atoms with Crippen LogP contribution in [0.3, 0.4) is 0 Å². The monoisotopic (exact) mass is 281 g/mol. The summed E-state index contributed by atoms with van der Waals surface area (Å²) in [7, 11) is 1.15. The lowest BCUT2D eigenvalue weighted by atomic mass is 10.1. The lowest BCUT2D eigenvalue weighted by molar-refractivity contribution is -0.253. The molecule has 0 aliphatic carbocycles. The molecule has 0 saturated carbocycles. The average Bonchev–Trinajstić information content (AvgIpc) is 2.36. The number of ether oxygens (including phenoxy) is 2. The van der Waals surface area contributed by atoms with Crippen LogP contribution in [0.5, 0.6) is 5.75 Å². The van der Waals surface area contributed by atoms with E-state index in [1.54, 1.807) is 0 Å². The molecule has 0 heterocycles. The van der Waals surface area contributed by atoms with Crippen molar-refractivity contribution in [1.29, 1.82) is 5.41 Å². The Bertz CT molecular complexity index is 453. The van der Waals surface area contributed by atoms with Crippen LogP contribution in [0.15, 0.2) is 24.3 Å². The van der Waals surface area contributed by atoms with Gasteiger partial charge >= 0.3 is 12.5 Å². The molecule has 0 spiro atoms. The van der Waals surface area contributed by atoms with E-state index in [4.69, 9.17) is 5.41 Å².